The van der Waals surface area contributed by atoms with Crippen molar-refractivity contribution in [2.24, 2.45) is 0 Å². The first-order valence-corrected chi connectivity index (χ1v) is 10.4. The number of hydrogen-bond donors (Lipinski definition) is 2. The van der Waals surface area contributed by atoms with Gasteiger partial charge in [0.2, 0.25) is 11.5 Å². The normalized spacial score (nSPS) is 17.5. The van der Waals surface area contributed by atoms with Crippen LogP contribution in [-0.2, 0) is 4.74 Å². The van der Waals surface area contributed by atoms with E-state index in [1.54, 1.807) is 12.1 Å². The van der Waals surface area contributed by atoms with Gasteiger partial charge < -0.3 is 19.9 Å². The van der Waals surface area contributed by atoms with Crippen LogP contribution >= 0.6 is 0 Å². The Labute approximate surface area is 185 Å². The summed E-state index contributed by atoms with van der Waals surface area (Å²) in [5.74, 6) is 0.248. The number of halogens is 2. The molecule has 0 spiro atoms. The lowest BCUT2D eigenvalue weighted by atomic mass is 10.1. The fraction of sp³-hybridized carbons (Fsp3) is 0.381. The van der Waals surface area contributed by atoms with Crippen molar-refractivity contribution < 1.29 is 16.4 Å². The maximum absolute atomic E-state index is 13.6. The average molecular weight is 447 g/mol. The maximum atomic E-state index is 13.6. The summed E-state index contributed by atoms with van der Waals surface area (Å²) in [6.45, 7) is 4.81. The monoisotopic (exact) mass is 447 g/mol. The third kappa shape index (κ3) is 4.34. The van der Waals surface area contributed by atoms with Crippen LogP contribution in [0.3, 0.4) is 0 Å². The summed E-state index contributed by atoms with van der Waals surface area (Å²) in [5, 5.41) is 7.31. The molecule has 2 fully saturated rings. The van der Waals surface area contributed by atoms with E-state index in [0.717, 1.165) is 45.1 Å². The van der Waals surface area contributed by atoms with Gasteiger partial charge in [-0.05, 0) is 24.3 Å². The Morgan fingerprint density at radius 1 is 1.12 bits per heavy atom. The van der Waals surface area contributed by atoms with Crippen LogP contribution in [0.25, 0.3) is 5.69 Å². The predicted octanol–water partition coefficient (Wildman–Crippen LogP) is 2.65. The van der Waals surface area contributed by atoms with E-state index in [0.29, 0.717) is 17.4 Å². The van der Waals surface area contributed by atoms with E-state index in [-0.39, 0.29) is 19.9 Å². The zero-order valence-electron chi connectivity index (χ0n) is 17.2. The molecule has 3 aromatic rings. The molecule has 11 heteroatoms. The second-order valence-corrected chi connectivity index (χ2v) is 7.88. The molecule has 0 atom stereocenters. The fourth-order valence-electron chi connectivity index (χ4n) is 3.94. The van der Waals surface area contributed by atoms with Crippen molar-refractivity contribution in [1.29, 1.82) is 0 Å². The number of ether oxygens (including phenoxy) is 1. The number of benzene rings is 1. The van der Waals surface area contributed by atoms with E-state index >= 15 is 0 Å². The van der Waals surface area contributed by atoms with Crippen molar-refractivity contribution in [3.8, 4) is 5.69 Å². The summed E-state index contributed by atoms with van der Waals surface area (Å²) in [5.41, 5.74) is 1.45. The lowest BCUT2D eigenvalue weighted by Crippen LogP contribution is -2.56. The van der Waals surface area contributed by atoms with Gasteiger partial charge in [-0.1, -0.05) is 0 Å². The first-order valence-electron chi connectivity index (χ1n) is 10.4. The van der Waals surface area contributed by atoms with Crippen LogP contribution in [0.1, 0.15) is 14.8 Å². The summed E-state index contributed by atoms with van der Waals surface area (Å²) < 4.78 is 33.9. The molecule has 2 aliphatic heterocycles. The van der Waals surface area contributed by atoms with Crippen LogP contribution in [0.4, 0.5) is 26.1 Å². The van der Waals surface area contributed by atoms with Gasteiger partial charge in [-0.2, -0.15) is 4.98 Å². The van der Waals surface area contributed by atoms with Gasteiger partial charge in [0, 0.05) is 58.2 Å². The van der Waals surface area contributed by atoms with Crippen molar-refractivity contribution in [3.05, 3.63) is 58.8 Å². The highest BCUT2D eigenvalue weighted by Gasteiger charge is 2.29. The molecule has 9 nitrogen and oxygen atoms in total. The minimum atomic E-state index is -2.59. The zero-order valence-corrected chi connectivity index (χ0v) is 17.2. The molecule has 32 heavy (non-hydrogen) atoms. The highest BCUT2D eigenvalue weighted by Crippen LogP contribution is 2.30. The minimum absolute atomic E-state index is 0. The number of anilines is 3. The van der Waals surface area contributed by atoms with Crippen LogP contribution in [0.2, 0.25) is 0 Å². The van der Waals surface area contributed by atoms with Crippen molar-refractivity contribution >= 4 is 17.3 Å². The molecule has 5 rings (SSSR count). The van der Waals surface area contributed by atoms with E-state index < -0.39 is 6.43 Å². The highest BCUT2D eigenvalue weighted by atomic mass is 19.3. The predicted molar refractivity (Wildman–Crippen MR) is 119 cm³/mol. The number of nitrogens with zero attached hydrogens (tertiary/aromatic N) is 5. The van der Waals surface area contributed by atoms with Gasteiger partial charge in [0.1, 0.15) is 6.33 Å². The Balaban J connectivity index is 0.00000162. The van der Waals surface area contributed by atoms with Crippen LogP contribution in [-0.4, -0.2) is 70.1 Å². The van der Waals surface area contributed by atoms with Gasteiger partial charge in [-0.3, -0.25) is 9.69 Å². The lowest BCUT2D eigenvalue weighted by Gasteiger charge is -2.43. The van der Waals surface area contributed by atoms with Gasteiger partial charge in [0.25, 0.3) is 6.43 Å². The first kappa shape index (κ1) is 20.6. The molecular formula is C21H27F2N7O2. The van der Waals surface area contributed by atoms with Gasteiger partial charge in [-0.15, -0.1) is 5.10 Å². The second kappa shape index (κ2) is 8.67. The number of H-pyrrole nitrogens is 1. The van der Waals surface area contributed by atoms with Gasteiger partial charge in [-0.25, -0.2) is 13.5 Å². The molecular weight excluding hydrogens is 420 g/mol. The molecule has 172 valence electrons. The van der Waals surface area contributed by atoms with Crippen LogP contribution in [0.15, 0.2) is 47.7 Å². The molecule has 2 aromatic heterocycles. The third-order valence-corrected chi connectivity index (χ3v) is 5.78. The SMILES string of the molecule is O=c1cc(-n2cnc(Nc3cc(C(F)F)cc(N4CCN(C5COC5)CC4)c3)n2)cc[nH]1.[HH].[HH]. The molecule has 4 heterocycles. The van der Waals surface area contributed by atoms with Gasteiger partial charge >= 0.3 is 0 Å². The maximum Gasteiger partial charge on any atom is 0.263 e. The molecule has 1 aromatic carbocycles. The standard InChI is InChI=1S/C21H23F2N7O2.2H2/c22-20(23)14-7-15(26-21-25-13-30(27-21)16-1-2-24-19(31)10-16)9-17(8-14)28-3-5-29(6-4-28)18-11-32-12-18;;/h1-2,7-10,13,18,20H,3-6,11-12H2,(H,24,31)(H,26,27);2*1H. The van der Waals surface area contributed by atoms with E-state index in [2.05, 4.69) is 30.2 Å². The number of rotatable bonds is 6. The number of aromatic nitrogens is 4. The van der Waals surface area contributed by atoms with Crippen molar-refractivity contribution in [3.63, 3.8) is 0 Å². The summed E-state index contributed by atoms with van der Waals surface area (Å²) >= 11 is 0. The molecule has 0 bridgehead atoms. The first-order chi connectivity index (χ1) is 15.5. The molecule has 0 radical (unpaired) electrons. The van der Waals surface area contributed by atoms with E-state index in [1.165, 1.54) is 29.3 Å². The molecule has 2 saturated heterocycles. The Morgan fingerprint density at radius 2 is 1.94 bits per heavy atom. The summed E-state index contributed by atoms with van der Waals surface area (Å²) in [7, 11) is 0. The minimum Gasteiger partial charge on any atom is -0.378 e. The van der Waals surface area contributed by atoms with E-state index in [1.807, 2.05) is 6.07 Å². The number of alkyl halides is 2. The highest BCUT2D eigenvalue weighted by molar-refractivity contribution is 5.64. The summed E-state index contributed by atoms with van der Waals surface area (Å²) in [6.07, 6.45) is 0.381. The van der Waals surface area contributed by atoms with Crippen LogP contribution in [0.5, 0.6) is 0 Å². The number of pyridine rings is 1. The molecule has 2 aliphatic rings. The largest absolute Gasteiger partial charge is 0.378 e. The van der Waals surface area contributed by atoms with Crippen LogP contribution in [0, 0.1) is 0 Å². The zero-order chi connectivity index (χ0) is 22.1. The Bertz CT molecular complexity index is 1150. The molecule has 2 N–H and O–H groups in total. The summed E-state index contributed by atoms with van der Waals surface area (Å²) in [6, 6.07) is 8.34. The van der Waals surface area contributed by atoms with Crippen LogP contribution < -0.4 is 15.8 Å². The number of nitrogens with one attached hydrogen (secondary N) is 2. The lowest BCUT2D eigenvalue weighted by molar-refractivity contribution is -0.0660. The van der Waals surface area contributed by atoms with Gasteiger partial charge in [0.15, 0.2) is 0 Å². The Morgan fingerprint density at radius 3 is 2.62 bits per heavy atom. The van der Waals surface area contributed by atoms with Gasteiger partial charge in [0.05, 0.1) is 24.9 Å². The van der Waals surface area contributed by atoms with Crippen molar-refractivity contribution in [1.82, 2.24) is 24.6 Å². The molecule has 0 saturated carbocycles. The van der Waals surface area contributed by atoms with E-state index in [9.17, 15) is 13.6 Å². The third-order valence-electron chi connectivity index (χ3n) is 5.78. The Hall–Kier alpha value is -3.31. The fourth-order valence-corrected chi connectivity index (χ4v) is 3.94. The quantitative estimate of drug-likeness (QED) is 0.600. The Kier molecular flexibility index (Phi) is 5.58. The topological polar surface area (TPSA) is 91.3 Å². The molecule has 0 aliphatic carbocycles. The number of aromatic amines is 1. The smallest absolute Gasteiger partial charge is 0.263 e. The van der Waals surface area contributed by atoms with Crippen molar-refractivity contribution in [2.45, 2.75) is 12.5 Å². The second-order valence-electron chi connectivity index (χ2n) is 7.88. The number of hydrogen-bond acceptors (Lipinski definition) is 7. The summed E-state index contributed by atoms with van der Waals surface area (Å²) in [4.78, 5) is 22.7. The number of piperazine rings is 1. The average Bonchev–Trinajstić information content (AvgIpc) is 3.21. The van der Waals surface area contributed by atoms with E-state index in [4.69, 9.17) is 4.74 Å². The molecule has 0 amide bonds. The van der Waals surface area contributed by atoms with Crippen molar-refractivity contribution in [2.75, 3.05) is 49.6 Å². The molecule has 0 unspecified atom stereocenters.